The number of hydrogen-bond donors (Lipinski definition) is 0. The Morgan fingerprint density at radius 1 is 1.09 bits per heavy atom. The highest BCUT2D eigenvalue weighted by atomic mass is 16.5. The van der Waals surface area contributed by atoms with Crippen molar-refractivity contribution in [3.8, 4) is 5.75 Å². The fraction of sp³-hybridized carbons (Fsp3) is 0.312. The smallest absolute Gasteiger partial charge is 0.335 e. The van der Waals surface area contributed by atoms with Crippen molar-refractivity contribution in [3.63, 3.8) is 0 Å². The van der Waals surface area contributed by atoms with Crippen LogP contribution in [-0.2, 0) is 19.1 Å². The summed E-state index contributed by atoms with van der Waals surface area (Å²) in [4.78, 5) is 28.1. The summed E-state index contributed by atoms with van der Waals surface area (Å²) in [6.07, 6.45) is 2.87. The molecule has 0 aromatic heterocycles. The Kier molecular flexibility index (Phi) is 4.93. The van der Waals surface area contributed by atoms with Gasteiger partial charge in [-0.1, -0.05) is 18.2 Å². The predicted molar refractivity (Wildman–Crippen MR) is 79.8 cm³/mol. The second-order valence-corrected chi connectivity index (χ2v) is 4.64. The molecule has 1 heterocycles. The molecule has 1 aliphatic rings. The summed E-state index contributed by atoms with van der Waals surface area (Å²) in [5.74, 6) is -1.74. The van der Waals surface area contributed by atoms with Crippen molar-refractivity contribution < 1.29 is 23.8 Å². The van der Waals surface area contributed by atoms with Crippen molar-refractivity contribution in [1.82, 2.24) is 0 Å². The SMILES string of the molecule is COC(=O)C1=CN=CC(C(=O)OC)[C@@H]1c1ccccc1OC. The van der Waals surface area contributed by atoms with Gasteiger partial charge in [0.1, 0.15) is 11.7 Å². The maximum atomic E-state index is 12.1. The van der Waals surface area contributed by atoms with Gasteiger partial charge in [0.2, 0.25) is 0 Å². The number of carbonyl (C=O) groups is 2. The number of methoxy groups -OCH3 is 3. The van der Waals surface area contributed by atoms with E-state index < -0.39 is 23.8 Å². The van der Waals surface area contributed by atoms with Crippen molar-refractivity contribution >= 4 is 18.2 Å². The number of esters is 2. The first-order valence-corrected chi connectivity index (χ1v) is 6.66. The lowest BCUT2D eigenvalue weighted by molar-refractivity contribution is -0.143. The fourth-order valence-corrected chi connectivity index (χ4v) is 2.49. The first kappa shape index (κ1) is 15.8. The molecule has 0 fully saturated rings. The van der Waals surface area contributed by atoms with E-state index in [0.29, 0.717) is 11.3 Å². The number of hydrogen-bond acceptors (Lipinski definition) is 6. The molecule has 0 bridgehead atoms. The van der Waals surface area contributed by atoms with Gasteiger partial charge in [-0.3, -0.25) is 9.79 Å². The number of para-hydroxylation sites is 1. The maximum Gasteiger partial charge on any atom is 0.335 e. The van der Waals surface area contributed by atoms with Gasteiger partial charge in [0.05, 0.1) is 26.9 Å². The summed E-state index contributed by atoms with van der Waals surface area (Å²) in [5, 5.41) is 0. The van der Waals surface area contributed by atoms with Gasteiger partial charge in [-0.25, -0.2) is 4.79 Å². The van der Waals surface area contributed by atoms with Crippen molar-refractivity contribution in [1.29, 1.82) is 0 Å². The number of nitrogens with zero attached hydrogens (tertiary/aromatic N) is 1. The van der Waals surface area contributed by atoms with Gasteiger partial charge in [-0.2, -0.15) is 0 Å². The Labute approximate surface area is 128 Å². The third-order valence-electron chi connectivity index (χ3n) is 3.52. The summed E-state index contributed by atoms with van der Waals surface area (Å²) in [6.45, 7) is 0. The zero-order valence-electron chi connectivity index (χ0n) is 12.6. The standard InChI is InChI=1S/C16H17NO5/c1-20-13-7-5-4-6-10(13)14-11(15(18)21-2)8-17-9-12(14)16(19)22-3/h4-9,11,14H,1-3H3/t11?,14-/m0/s1. The van der Waals surface area contributed by atoms with Gasteiger partial charge in [-0.05, 0) is 6.07 Å². The molecule has 1 aliphatic heterocycles. The van der Waals surface area contributed by atoms with Crippen molar-refractivity contribution in [2.75, 3.05) is 21.3 Å². The van der Waals surface area contributed by atoms with Crippen LogP contribution in [0.5, 0.6) is 5.75 Å². The minimum absolute atomic E-state index is 0.282. The van der Waals surface area contributed by atoms with E-state index in [1.165, 1.54) is 33.7 Å². The van der Waals surface area contributed by atoms with Crippen LogP contribution in [0.1, 0.15) is 11.5 Å². The van der Waals surface area contributed by atoms with Crippen LogP contribution < -0.4 is 4.74 Å². The Morgan fingerprint density at radius 2 is 1.82 bits per heavy atom. The summed E-state index contributed by atoms with van der Waals surface area (Å²) in [7, 11) is 4.12. The first-order chi connectivity index (χ1) is 10.6. The van der Waals surface area contributed by atoms with Crippen LogP contribution in [0.3, 0.4) is 0 Å². The molecule has 1 aromatic carbocycles. The number of benzene rings is 1. The van der Waals surface area contributed by atoms with Crippen LogP contribution >= 0.6 is 0 Å². The van der Waals surface area contributed by atoms with Gasteiger partial charge in [0.15, 0.2) is 0 Å². The Morgan fingerprint density at radius 3 is 2.45 bits per heavy atom. The topological polar surface area (TPSA) is 74.2 Å². The Balaban J connectivity index is 2.56. The van der Waals surface area contributed by atoms with E-state index in [0.717, 1.165) is 0 Å². The van der Waals surface area contributed by atoms with E-state index in [4.69, 9.17) is 14.2 Å². The highest BCUT2D eigenvalue weighted by molar-refractivity contribution is 5.99. The third kappa shape index (κ3) is 2.86. The molecule has 0 aliphatic carbocycles. The van der Waals surface area contributed by atoms with E-state index in [2.05, 4.69) is 4.99 Å². The van der Waals surface area contributed by atoms with E-state index in [1.54, 1.807) is 12.1 Å². The van der Waals surface area contributed by atoms with Crippen LogP contribution in [0, 0.1) is 5.92 Å². The van der Waals surface area contributed by atoms with Crippen LogP contribution in [0.4, 0.5) is 0 Å². The van der Waals surface area contributed by atoms with E-state index in [1.807, 2.05) is 12.1 Å². The molecule has 0 spiro atoms. The predicted octanol–water partition coefficient (Wildman–Crippen LogP) is 1.71. The molecule has 6 nitrogen and oxygen atoms in total. The molecule has 0 amide bonds. The average molecular weight is 303 g/mol. The zero-order valence-corrected chi connectivity index (χ0v) is 12.6. The van der Waals surface area contributed by atoms with E-state index >= 15 is 0 Å². The maximum absolute atomic E-state index is 12.1. The monoisotopic (exact) mass is 303 g/mol. The highest BCUT2D eigenvalue weighted by Gasteiger charge is 2.38. The number of carbonyl (C=O) groups excluding carboxylic acids is 2. The fourth-order valence-electron chi connectivity index (χ4n) is 2.49. The summed E-state index contributed by atoms with van der Waals surface area (Å²) in [5.41, 5.74) is 0.980. The lowest BCUT2D eigenvalue weighted by Crippen LogP contribution is -2.31. The number of aliphatic imine (C=N–C) groups is 1. The van der Waals surface area contributed by atoms with Gasteiger partial charge < -0.3 is 14.2 Å². The van der Waals surface area contributed by atoms with Crippen LogP contribution in [0.25, 0.3) is 0 Å². The van der Waals surface area contributed by atoms with Gasteiger partial charge >= 0.3 is 11.9 Å². The lowest BCUT2D eigenvalue weighted by Gasteiger charge is -2.27. The highest BCUT2D eigenvalue weighted by Crippen LogP contribution is 2.39. The van der Waals surface area contributed by atoms with Gasteiger partial charge in [0.25, 0.3) is 0 Å². The largest absolute Gasteiger partial charge is 0.496 e. The molecule has 0 radical (unpaired) electrons. The first-order valence-electron chi connectivity index (χ1n) is 6.66. The van der Waals surface area contributed by atoms with Crippen molar-refractivity contribution in [3.05, 3.63) is 41.6 Å². The van der Waals surface area contributed by atoms with Crippen molar-refractivity contribution in [2.45, 2.75) is 5.92 Å². The molecule has 0 N–H and O–H groups in total. The second kappa shape index (κ2) is 6.89. The molecule has 116 valence electrons. The van der Waals surface area contributed by atoms with E-state index in [-0.39, 0.29) is 5.57 Å². The molecule has 2 rings (SSSR count). The van der Waals surface area contributed by atoms with Gasteiger partial charge in [0, 0.05) is 23.9 Å². The molecule has 2 atom stereocenters. The third-order valence-corrected chi connectivity index (χ3v) is 3.52. The van der Waals surface area contributed by atoms with Crippen molar-refractivity contribution in [2.24, 2.45) is 10.9 Å². The molecule has 0 saturated carbocycles. The minimum Gasteiger partial charge on any atom is -0.496 e. The normalized spacial score (nSPS) is 20.0. The van der Waals surface area contributed by atoms with Crippen LogP contribution in [0.2, 0.25) is 0 Å². The Hall–Kier alpha value is -2.63. The summed E-state index contributed by atoms with van der Waals surface area (Å²) < 4.78 is 15.0. The second-order valence-electron chi connectivity index (χ2n) is 4.64. The minimum atomic E-state index is -0.722. The summed E-state index contributed by atoms with van der Waals surface area (Å²) in [6, 6.07) is 7.19. The summed E-state index contributed by atoms with van der Waals surface area (Å²) >= 11 is 0. The molecule has 1 unspecified atom stereocenters. The quantitative estimate of drug-likeness (QED) is 0.792. The molecule has 0 saturated heterocycles. The lowest BCUT2D eigenvalue weighted by atomic mass is 9.79. The number of ether oxygens (including phenoxy) is 3. The molecular weight excluding hydrogens is 286 g/mol. The Bertz CT molecular complexity index is 635. The molecule has 6 heteroatoms. The number of rotatable bonds is 4. The molecular formula is C16H17NO5. The van der Waals surface area contributed by atoms with Crippen LogP contribution in [-0.4, -0.2) is 39.5 Å². The average Bonchev–Trinajstić information content (AvgIpc) is 2.59. The molecule has 22 heavy (non-hydrogen) atoms. The van der Waals surface area contributed by atoms with Gasteiger partial charge in [-0.15, -0.1) is 0 Å². The zero-order chi connectivity index (χ0) is 16.1. The van der Waals surface area contributed by atoms with Crippen LogP contribution in [0.15, 0.2) is 41.0 Å². The molecule has 1 aromatic rings. The van der Waals surface area contributed by atoms with E-state index in [9.17, 15) is 9.59 Å².